The van der Waals surface area contributed by atoms with Crippen LogP contribution in [0, 0.1) is 5.92 Å². The van der Waals surface area contributed by atoms with Gasteiger partial charge in [0.2, 0.25) is 11.8 Å². The molecule has 3 fully saturated rings. The Morgan fingerprint density at radius 2 is 1.80 bits per heavy atom. The van der Waals surface area contributed by atoms with Crippen LogP contribution in [0.3, 0.4) is 0 Å². The van der Waals surface area contributed by atoms with E-state index in [0.717, 1.165) is 80.6 Å². The van der Waals surface area contributed by atoms with Crippen LogP contribution < -0.4 is 20.3 Å². The second-order valence-electron chi connectivity index (χ2n) is 14.8. The van der Waals surface area contributed by atoms with Gasteiger partial charge in [0.15, 0.2) is 5.65 Å². The first kappa shape index (κ1) is 34.0. The van der Waals surface area contributed by atoms with E-state index in [1.165, 1.54) is 0 Å². The second kappa shape index (κ2) is 13.9. The summed E-state index contributed by atoms with van der Waals surface area (Å²) >= 11 is 0. The summed E-state index contributed by atoms with van der Waals surface area (Å²) in [6, 6.07) is 13.0. The monoisotopic (exact) mass is 730 g/mol. The fraction of sp³-hybridized carbons (Fsp3) is 0.410. The van der Waals surface area contributed by atoms with Gasteiger partial charge in [0.1, 0.15) is 17.5 Å². The van der Waals surface area contributed by atoms with E-state index in [0.29, 0.717) is 47.6 Å². The highest BCUT2D eigenvalue weighted by molar-refractivity contribution is 6.06. The third-order valence-electron chi connectivity index (χ3n) is 11.5. The van der Waals surface area contributed by atoms with Crippen LogP contribution in [-0.2, 0) is 16.1 Å². The molecule has 9 rings (SSSR count). The zero-order valence-electron chi connectivity index (χ0n) is 30.1. The van der Waals surface area contributed by atoms with Crippen LogP contribution in [0.4, 0.5) is 11.4 Å². The zero-order valence-corrected chi connectivity index (χ0v) is 30.1. The number of hydrogen-bond donors (Lipinski definition) is 2. The Labute approximate surface area is 311 Å². The lowest BCUT2D eigenvalue weighted by atomic mass is 9.94. The summed E-state index contributed by atoms with van der Waals surface area (Å²) in [6.45, 7) is 5.37. The Kier molecular flexibility index (Phi) is 8.72. The maximum absolute atomic E-state index is 13.3. The summed E-state index contributed by atoms with van der Waals surface area (Å²) in [7, 11) is 1.58. The van der Waals surface area contributed by atoms with E-state index in [9.17, 15) is 19.2 Å². The van der Waals surface area contributed by atoms with Crippen LogP contribution >= 0.6 is 0 Å². The first-order valence-corrected chi connectivity index (χ1v) is 18.7. The largest absolute Gasteiger partial charge is 0.494 e. The molecule has 0 saturated carbocycles. The molecule has 4 aliphatic heterocycles. The van der Waals surface area contributed by atoms with Gasteiger partial charge in [0, 0.05) is 87.0 Å². The van der Waals surface area contributed by atoms with Crippen molar-refractivity contribution in [3.63, 3.8) is 0 Å². The number of amides is 4. The van der Waals surface area contributed by atoms with Crippen molar-refractivity contribution in [3.05, 3.63) is 77.9 Å². The maximum atomic E-state index is 13.3. The van der Waals surface area contributed by atoms with Gasteiger partial charge in [0.25, 0.3) is 11.8 Å². The molecule has 2 N–H and O–H groups in total. The van der Waals surface area contributed by atoms with Crippen molar-refractivity contribution in [2.75, 3.05) is 50.1 Å². The SMILES string of the molecule is COc1cc2nn(C3CCN(CC4CCN(c5ccc6c(c5)C(=O)N(C5CCC(=O)NC5=O)C6)CC4)CC3)cc2cc1NC(=O)c1ccc2nccn2n1. The first-order valence-electron chi connectivity index (χ1n) is 18.7. The van der Waals surface area contributed by atoms with Crippen LogP contribution in [0.2, 0.25) is 0 Å². The minimum Gasteiger partial charge on any atom is -0.494 e. The van der Waals surface area contributed by atoms with Crippen molar-refractivity contribution in [1.29, 1.82) is 0 Å². The van der Waals surface area contributed by atoms with E-state index >= 15 is 0 Å². The van der Waals surface area contributed by atoms with Crippen LogP contribution in [0.1, 0.15) is 71.0 Å². The Hall–Kier alpha value is -5.83. The molecule has 0 aliphatic carbocycles. The topological polar surface area (TPSA) is 159 Å². The number of benzene rings is 2. The van der Waals surface area contributed by atoms with Crippen molar-refractivity contribution >= 4 is 51.6 Å². The van der Waals surface area contributed by atoms with Gasteiger partial charge in [-0.15, -0.1) is 0 Å². The number of piperidine rings is 3. The number of rotatable bonds is 8. The molecular weight excluding hydrogens is 688 g/mol. The lowest BCUT2D eigenvalue weighted by Gasteiger charge is -2.38. The van der Waals surface area contributed by atoms with E-state index in [2.05, 4.69) is 47.5 Å². The Bertz CT molecular complexity index is 2280. The smallest absolute Gasteiger partial charge is 0.276 e. The van der Waals surface area contributed by atoms with Gasteiger partial charge >= 0.3 is 0 Å². The molecule has 1 unspecified atom stereocenters. The average Bonchev–Trinajstić information content (AvgIpc) is 3.92. The number of hydrogen-bond acceptors (Lipinski definition) is 10. The molecule has 278 valence electrons. The molecular formula is C39H42N10O5. The summed E-state index contributed by atoms with van der Waals surface area (Å²) in [6.07, 6.45) is 10.2. The number of methoxy groups -OCH3 is 1. The van der Waals surface area contributed by atoms with Crippen molar-refractivity contribution < 1.29 is 23.9 Å². The van der Waals surface area contributed by atoms with Gasteiger partial charge in [-0.05, 0) is 73.9 Å². The van der Waals surface area contributed by atoms with Gasteiger partial charge in [-0.3, -0.25) is 29.2 Å². The first-order chi connectivity index (χ1) is 26.3. The van der Waals surface area contributed by atoms with E-state index < -0.39 is 6.04 Å². The Morgan fingerprint density at radius 1 is 0.963 bits per heavy atom. The van der Waals surface area contributed by atoms with Crippen molar-refractivity contribution in [1.82, 2.24) is 39.5 Å². The molecule has 0 spiro atoms. The van der Waals surface area contributed by atoms with Gasteiger partial charge in [0.05, 0.1) is 24.4 Å². The molecule has 4 amide bonds. The lowest BCUT2D eigenvalue weighted by Crippen LogP contribution is -2.52. The van der Waals surface area contributed by atoms with Gasteiger partial charge in [-0.1, -0.05) is 6.07 Å². The normalized spacial score (nSPS) is 20.2. The van der Waals surface area contributed by atoms with E-state index in [4.69, 9.17) is 9.84 Å². The fourth-order valence-corrected chi connectivity index (χ4v) is 8.49. The van der Waals surface area contributed by atoms with Crippen LogP contribution in [0.15, 0.2) is 61.1 Å². The quantitative estimate of drug-likeness (QED) is 0.226. The number of carbonyl (C=O) groups excluding carboxylic acids is 4. The zero-order chi connectivity index (χ0) is 36.9. The average molecular weight is 731 g/mol. The number of imidazole rings is 1. The molecule has 0 radical (unpaired) electrons. The van der Waals surface area contributed by atoms with E-state index in [1.807, 2.05) is 24.3 Å². The summed E-state index contributed by atoms with van der Waals surface area (Å²) in [4.78, 5) is 61.2. The standard InChI is InChI=1S/C39H42N10O5/c1-54-34-20-31-26(18-32(34)41-37(51)30-4-6-35-40-12-17-48(35)43-30)23-49(44-31)27-10-13-45(14-11-27)21-24-8-15-46(16-9-24)28-3-2-25-22-47(39(53)29(25)19-28)33-5-7-36(50)42-38(33)52/h2-4,6,12,17-20,23-24,27,33H,5,7-11,13-16,21-22H2,1H3,(H,41,51)(H,42,50,52). The number of imide groups is 1. The van der Waals surface area contributed by atoms with Crippen molar-refractivity contribution in [2.24, 2.45) is 5.92 Å². The molecule has 0 bridgehead atoms. The van der Waals surface area contributed by atoms with Crippen LogP contribution in [0.25, 0.3) is 16.6 Å². The summed E-state index contributed by atoms with van der Waals surface area (Å²) in [5.41, 5.74) is 4.96. The number of anilines is 2. The Morgan fingerprint density at radius 3 is 2.59 bits per heavy atom. The van der Waals surface area contributed by atoms with E-state index in [-0.39, 0.29) is 35.7 Å². The van der Waals surface area contributed by atoms with Crippen molar-refractivity contribution in [2.45, 2.75) is 57.2 Å². The molecule has 54 heavy (non-hydrogen) atoms. The number of ether oxygens (including phenoxy) is 1. The minimum absolute atomic E-state index is 0.130. The van der Waals surface area contributed by atoms with Crippen LogP contribution in [0.5, 0.6) is 5.75 Å². The second-order valence-corrected chi connectivity index (χ2v) is 14.8. The lowest BCUT2D eigenvalue weighted by molar-refractivity contribution is -0.136. The number of fused-ring (bicyclic) bond motifs is 3. The third-order valence-corrected chi connectivity index (χ3v) is 11.5. The molecule has 4 aliphatic rings. The molecule has 7 heterocycles. The van der Waals surface area contributed by atoms with Gasteiger partial charge in [-0.25, -0.2) is 9.50 Å². The molecule has 1 atom stereocenters. The molecule has 15 nitrogen and oxygen atoms in total. The predicted octanol–water partition coefficient (Wildman–Crippen LogP) is 3.65. The number of carbonyl (C=O) groups is 4. The summed E-state index contributed by atoms with van der Waals surface area (Å²) < 4.78 is 9.27. The summed E-state index contributed by atoms with van der Waals surface area (Å²) in [5.74, 6) is 0.0179. The number of aromatic nitrogens is 5. The highest BCUT2D eigenvalue weighted by Crippen LogP contribution is 2.34. The van der Waals surface area contributed by atoms with Gasteiger partial charge in [-0.2, -0.15) is 10.2 Å². The Balaban J connectivity index is 0.775. The number of nitrogens with zero attached hydrogens (tertiary/aromatic N) is 8. The molecule has 3 saturated heterocycles. The fourth-order valence-electron chi connectivity index (χ4n) is 8.49. The van der Waals surface area contributed by atoms with E-state index in [1.54, 1.807) is 41.1 Å². The molecule has 2 aromatic carbocycles. The molecule has 3 aromatic heterocycles. The summed E-state index contributed by atoms with van der Waals surface area (Å²) in [5, 5.41) is 15.5. The predicted molar refractivity (Wildman–Crippen MR) is 199 cm³/mol. The highest BCUT2D eigenvalue weighted by Gasteiger charge is 2.39. The molecule has 15 heteroatoms. The maximum Gasteiger partial charge on any atom is 0.276 e. The van der Waals surface area contributed by atoms with Crippen LogP contribution in [-0.4, -0.2) is 104 Å². The number of likely N-dealkylation sites (tertiary alicyclic amines) is 1. The number of nitrogens with one attached hydrogen (secondary N) is 2. The highest BCUT2D eigenvalue weighted by atomic mass is 16.5. The third kappa shape index (κ3) is 6.42. The minimum atomic E-state index is -0.599. The molecule has 5 aromatic rings. The van der Waals surface area contributed by atoms with Gasteiger partial charge < -0.3 is 24.8 Å². The van der Waals surface area contributed by atoms with Crippen molar-refractivity contribution in [3.8, 4) is 5.75 Å².